The summed E-state index contributed by atoms with van der Waals surface area (Å²) in [5.41, 5.74) is -2.39. The zero-order chi connectivity index (χ0) is 32.5. The van der Waals surface area contributed by atoms with Crippen LogP contribution >= 0.6 is 12.6 Å². The number of carbonyl (C=O) groups is 5. The van der Waals surface area contributed by atoms with Crippen LogP contribution in [0.25, 0.3) is 0 Å². The standard InChI is InChI=1S/C29H46N4O8S/c1-27(2,3)40-24(37)19(15-18-13-11-10-12-14-18)30-23(36)21(17-42)33(9)25(38)29(7,8)32-22(35)20(16-34)31-26(39)41-28(4,5)6/h10-14,19-21,34,42H,15-17H2,1-9H3,(H,30,36)(H,31,39)(H,32,35)/t19-,20-,21-/m0/s1. The first-order valence-corrected chi connectivity index (χ1v) is 14.2. The van der Waals surface area contributed by atoms with E-state index in [4.69, 9.17) is 9.47 Å². The minimum atomic E-state index is -1.56. The van der Waals surface area contributed by atoms with Gasteiger partial charge in [0.2, 0.25) is 17.7 Å². The van der Waals surface area contributed by atoms with Crippen LogP contribution in [0.4, 0.5) is 4.79 Å². The Morgan fingerprint density at radius 2 is 1.40 bits per heavy atom. The van der Waals surface area contributed by atoms with Gasteiger partial charge in [-0.1, -0.05) is 30.3 Å². The summed E-state index contributed by atoms with van der Waals surface area (Å²) in [7, 11) is 1.37. The molecule has 0 aliphatic heterocycles. The van der Waals surface area contributed by atoms with Gasteiger partial charge in [-0.3, -0.25) is 14.4 Å². The molecule has 42 heavy (non-hydrogen) atoms. The smallest absolute Gasteiger partial charge is 0.408 e. The Hall–Kier alpha value is -3.32. The number of aliphatic hydroxyl groups excluding tert-OH is 1. The Morgan fingerprint density at radius 1 is 0.857 bits per heavy atom. The first-order valence-electron chi connectivity index (χ1n) is 13.6. The predicted molar refractivity (Wildman–Crippen MR) is 161 cm³/mol. The predicted octanol–water partition coefficient (Wildman–Crippen LogP) is 1.59. The maximum Gasteiger partial charge on any atom is 0.408 e. The van der Waals surface area contributed by atoms with Crippen LogP contribution in [-0.4, -0.2) is 94.1 Å². The molecule has 0 saturated carbocycles. The van der Waals surface area contributed by atoms with Gasteiger partial charge in [0.15, 0.2) is 0 Å². The first-order chi connectivity index (χ1) is 19.2. The third-order valence-electron chi connectivity index (χ3n) is 5.71. The molecule has 1 aromatic carbocycles. The van der Waals surface area contributed by atoms with Crippen LogP contribution in [0.2, 0.25) is 0 Å². The van der Waals surface area contributed by atoms with E-state index >= 15 is 0 Å². The Labute approximate surface area is 253 Å². The van der Waals surface area contributed by atoms with Crippen LogP contribution in [0.5, 0.6) is 0 Å². The van der Waals surface area contributed by atoms with Crippen LogP contribution in [0.1, 0.15) is 61.0 Å². The van der Waals surface area contributed by atoms with Gasteiger partial charge in [-0.2, -0.15) is 12.6 Å². The maximum atomic E-state index is 13.5. The summed E-state index contributed by atoms with van der Waals surface area (Å²) in [6.07, 6.45) is -0.757. The number of nitrogens with one attached hydrogen (secondary N) is 3. The van der Waals surface area contributed by atoms with Crippen molar-refractivity contribution in [2.45, 2.75) is 96.7 Å². The summed E-state index contributed by atoms with van der Waals surface area (Å²) in [6.45, 7) is 12.2. The molecule has 0 spiro atoms. The fourth-order valence-electron chi connectivity index (χ4n) is 3.74. The lowest BCUT2D eigenvalue weighted by atomic mass is 10.0. The largest absolute Gasteiger partial charge is 0.458 e. The van der Waals surface area contributed by atoms with E-state index in [1.54, 1.807) is 41.5 Å². The maximum absolute atomic E-state index is 13.5. The van der Waals surface area contributed by atoms with Gasteiger partial charge in [0.05, 0.1) is 6.61 Å². The molecular formula is C29H46N4O8S. The third-order valence-corrected chi connectivity index (χ3v) is 6.06. The van der Waals surface area contributed by atoms with Crippen LogP contribution in [-0.2, 0) is 35.1 Å². The molecule has 0 saturated heterocycles. The van der Waals surface area contributed by atoms with Gasteiger partial charge < -0.3 is 35.4 Å². The molecule has 0 heterocycles. The Bertz CT molecular complexity index is 1100. The van der Waals surface area contributed by atoms with Crippen LogP contribution in [0.15, 0.2) is 30.3 Å². The summed E-state index contributed by atoms with van der Waals surface area (Å²) in [5, 5.41) is 17.1. The molecule has 1 aromatic rings. The highest BCUT2D eigenvalue weighted by atomic mass is 32.1. The number of aliphatic hydroxyl groups is 1. The van der Waals surface area contributed by atoms with Crippen molar-refractivity contribution in [3.63, 3.8) is 0 Å². The highest BCUT2D eigenvalue weighted by molar-refractivity contribution is 7.80. The topological polar surface area (TPSA) is 163 Å². The van der Waals surface area contributed by atoms with Gasteiger partial charge in [0.25, 0.3) is 0 Å². The lowest BCUT2D eigenvalue weighted by Crippen LogP contribution is -2.63. The van der Waals surface area contributed by atoms with Gasteiger partial charge in [-0.05, 0) is 61.0 Å². The normalized spacial score (nSPS) is 14.1. The molecule has 3 atom stereocenters. The quantitative estimate of drug-likeness (QED) is 0.176. The molecule has 0 radical (unpaired) electrons. The molecule has 1 rings (SSSR count). The monoisotopic (exact) mass is 610 g/mol. The van der Waals surface area contributed by atoms with Crippen LogP contribution < -0.4 is 16.0 Å². The number of nitrogens with zero attached hydrogens (tertiary/aromatic N) is 1. The van der Waals surface area contributed by atoms with Crippen LogP contribution in [0.3, 0.4) is 0 Å². The van der Waals surface area contributed by atoms with Gasteiger partial charge in [-0.25, -0.2) is 9.59 Å². The van der Waals surface area contributed by atoms with E-state index in [0.29, 0.717) is 0 Å². The number of hydrogen-bond donors (Lipinski definition) is 5. The number of amides is 4. The fourth-order valence-corrected chi connectivity index (χ4v) is 4.15. The van der Waals surface area contributed by atoms with E-state index in [0.717, 1.165) is 10.5 Å². The Balaban J connectivity index is 3.05. The van der Waals surface area contributed by atoms with Gasteiger partial charge >= 0.3 is 12.1 Å². The molecule has 4 amide bonds. The molecule has 236 valence electrons. The van der Waals surface area contributed by atoms with E-state index in [1.165, 1.54) is 20.9 Å². The second-order valence-corrected chi connectivity index (χ2v) is 12.8. The minimum Gasteiger partial charge on any atom is -0.458 e. The Kier molecular flexibility index (Phi) is 13.3. The van der Waals surface area contributed by atoms with Crippen molar-refractivity contribution in [1.82, 2.24) is 20.9 Å². The molecule has 0 fully saturated rings. The SMILES string of the molecule is CN(C(=O)C(C)(C)NC(=O)[C@H](CO)NC(=O)OC(C)(C)C)[C@@H](CS)C(=O)N[C@@H](Cc1ccccc1)C(=O)OC(C)(C)C. The number of ether oxygens (including phenoxy) is 2. The number of benzene rings is 1. The summed E-state index contributed by atoms with van der Waals surface area (Å²) < 4.78 is 10.6. The van der Waals surface area contributed by atoms with E-state index < -0.39 is 71.3 Å². The zero-order valence-electron chi connectivity index (χ0n) is 25.9. The molecule has 0 unspecified atom stereocenters. The molecule has 13 heteroatoms. The van der Waals surface area contributed by atoms with E-state index in [1.807, 2.05) is 30.3 Å². The number of alkyl carbamates (subject to hydrolysis) is 1. The fraction of sp³-hybridized carbons (Fsp3) is 0.621. The number of esters is 1. The summed E-state index contributed by atoms with van der Waals surface area (Å²) in [6, 6.07) is 5.54. The van der Waals surface area contributed by atoms with Crippen LogP contribution in [0, 0.1) is 0 Å². The van der Waals surface area contributed by atoms with Crippen molar-refractivity contribution < 1.29 is 38.6 Å². The van der Waals surface area contributed by atoms with Gasteiger partial charge in [-0.15, -0.1) is 0 Å². The van der Waals surface area contributed by atoms with Crippen molar-refractivity contribution in [2.24, 2.45) is 0 Å². The average Bonchev–Trinajstić information content (AvgIpc) is 2.84. The lowest BCUT2D eigenvalue weighted by molar-refractivity contribution is -0.159. The number of hydrogen-bond acceptors (Lipinski definition) is 9. The molecule has 0 aliphatic carbocycles. The number of thiol groups is 1. The van der Waals surface area contributed by atoms with Crippen molar-refractivity contribution >= 4 is 42.4 Å². The molecular weight excluding hydrogens is 564 g/mol. The van der Waals surface area contributed by atoms with E-state index in [9.17, 15) is 29.1 Å². The molecule has 0 aliphatic rings. The Morgan fingerprint density at radius 3 is 1.88 bits per heavy atom. The summed E-state index contributed by atoms with van der Waals surface area (Å²) >= 11 is 4.26. The van der Waals surface area contributed by atoms with Gasteiger partial charge in [0.1, 0.15) is 34.9 Å². The van der Waals surface area contributed by atoms with Crippen molar-refractivity contribution in [3.8, 4) is 0 Å². The third kappa shape index (κ3) is 12.3. The first kappa shape index (κ1) is 36.7. The molecule has 4 N–H and O–H groups in total. The van der Waals surface area contributed by atoms with Crippen molar-refractivity contribution in [3.05, 3.63) is 35.9 Å². The summed E-state index contributed by atoms with van der Waals surface area (Å²) in [4.78, 5) is 65.9. The molecule has 0 bridgehead atoms. The second kappa shape index (κ2) is 15.2. The van der Waals surface area contributed by atoms with E-state index in [2.05, 4.69) is 28.6 Å². The average molecular weight is 611 g/mol. The number of carbonyl (C=O) groups excluding carboxylic acids is 5. The van der Waals surface area contributed by atoms with E-state index in [-0.39, 0.29) is 12.2 Å². The number of rotatable bonds is 12. The zero-order valence-corrected chi connectivity index (χ0v) is 26.8. The highest BCUT2D eigenvalue weighted by Crippen LogP contribution is 2.15. The summed E-state index contributed by atoms with van der Waals surface area (Å²) in [5.74, 6) is -2.86. The van der Waals surface area contributed by atoms with Gasteiger partial charge in [0, 0.05) is 19.2 Å². The lowest BCUT2D eigenvalue weighted by Gasteiger charge is -2.35. The highest BCUT2D eigenvalue weighted by Gasteiger charge is 2.39. The van der Waals surface area contributed by atoms with Crippen molar-refractivity contribution in [2.75, 3.05) is 19.4 Å². The number of likely N-dealkylation sites (N-methyl/N-ethyl adjacent to an activating group) is 1. The molecule has 0 aromatic heterocycles. The second-order valence-electron chi connectivity index (χ2n) is 12.4. The van der Waals surface area contributed by atoms with Crippen molar-refractivity contribution in [1.29, 1.82) is 0 Å². The molecule has 12 nitrogen and oxygen atoms in total. The minimum absolute atomic E-state index is 0.0933.